The van der Waals surface area contributed by atoms with E-state index < -0.39 is 5.56 Å². The Morgan fingerprint density at radius 3 is 2.86 bits per heavy atom. The highest BCUT2D eigenvalue weighted by molar-refractivity contribution is 7.71. The highest BCUT2D eigenvalue weighted by Crippen LogP contribution is 2.22. The maximum Gasteiger partial charge on any atom is 0.264 e. The number of aliphatic imine (C=N–C) groups is 1. The maximum atomic E-state index is 12.1. The van der Waals surface area contributed by atoms with Crippen molar-refractivity contribution in [3.63, 3.8) is 0 Å². The highest BCUT2D eigenvalue weighted by atomic mass is 32.1. The Morgan fingerprint density at radius 2 is 2.23 bits per heavy atom. The second kappa shape index (κ2) is 7.19. The molecule has 1 aromatic rings. The van der Waals surface area contributed by atoms with Crippen LogP contribution in [-0.4, -0.2) is 33.0 Å². The zero-order valence-electron chi connectivity index (χ0n) is 13.1. The van der Waals surface area contributed by atoms with E-state index in [2.05, 4.69) is 9.98 Å². The lowest BCUT2D eigenvalue weighted by molar-refractivity contribution is 0.370. The van der Waals surface area contributed by atoms with E-state index in [4.69, 9.17) is 18.0 Å². The Kier molecular flexibility index (Phi) is 5.52. The van der Waals surface area contributed by atoms with Crippen molar-refractivity contribution in [3.8, 4) is 5.88 Å². The van der Waals surface area contributed by atoms with E-state index in [1.807, 2.05) is 13.8 Å². The van der Waals surface area contributed by atoms with Gasteiger partial charge in [0.2, 0.25) is 5.88 Å². The molecule has 22 heavy (non-hydrogen) atoms. The van der Waals surface area contributed by atoms with Gasteiger partial charge in [-0.05, 0) is 38.4 Å². The van der Waals surface area contributed by atoms with Gasteiger partial charge in [0.05, 0.1) is 6.04 Å². The van der Waals surface area contributed by atoms with Crippen molar-refractivity contribution < 1.29 is 5.11 Å². The predicted molar refractivity (Wildman–Crippen MR) is 90.4 cm³/mol. The van der Waals surface area contributed by atoms with Crippen LogP contribution in [-0.2, 0) is 0 Å². The van der Waals surface area contributed by atoms with E-state index in [9.17, 15) is 9.90 Å². The van der Waals surface area contributed by atoms with E-state index in [0.29, 0.717) is 0 Å². The number of H-pyrrole nitrogens is 1. The predicted octanol–water partition coefficient (Wildman–Crippen LogP) is 2.27. The van der Waals surface area contributed by atoms with Gasteiger partial charge in [-0.25, -0.2) is 0 Å². The molecule has 4 N–H and O–H groups in total. The average Bonchev–Trinajstić information content (AvgIpc) is 2.48. The molecule has 0 amide bonds. The normalized spacial score (nSPS) is 23.8. The maximum absolute atomic E-state index is 12.1. The Bertz CT molecular complexity index is 664. The molecule has 0 unspecified atom stereocenters. The number of nitrogens with two attached hydrogens (primary N) is 1. The van der Waals surface area contributed by atoms with Gasteiger partial charge in [0.25, 0.3) is 5.56 Å². The minimum absolute atomic E-state index is 0.00608. The molecule has 1 fully saturated rings. The standard InChI is InChI=1S/C15H24N4O2S/c1-3-9(2)19-14(21)10(13(20)18-15(19)22)8-17-12-7-5-4-6-11(12)16/h8-9,11-12,21H,3-7,16H2,1-2H3,(H,18,20,22)/t9-,11+,12-/m1/s1. The largest absolute Gasteiger partial charge is 0.494 e. The van der Waals surface area contributed by atoms with Crippen molar-refractivity contribution in [2.45, 2.75) is 64.1 Å². The molecule has 1 aromatic heterocycles. The molecular weight excluding hydrogens is 300 g/mol. The van der Waals surface area contributed by atoms with Gasteiger partial charge in [-0.15, -0.1) is 0 Å². The zero-order chi connectivity index (χ0) is 16.3. The smallest absolute Gasteiger partial charge is 0.264 e. The quantitative estimate of drug-likeness (QED) is 0.585. The summed E-state index contributed by atoms with van der Waals surface area (Å²) in [5.74, 6) is -0.128. The van der Waals surface area contributed by atoms with Crippen LogP contribution in [0.3, 0.4) is 0 Å². The van der Waals surface area contributed by atoms with Crippen LogP contribution < -0.4 is 11.3 Å². The number of nitrogens with one attached hydrogen (secondary N) is 1. The lowest BCUT2D eigenvalue weighted by Crippen LogP contribution is -2.36. The first-order valence-electron chi connectivity index (χ1n) is 7.82. The molecule has 0 saturated heterocycles. The number of aromatic hydroxyl groups is 1. The lowest BCUT2D eigenvalue weighted by atomic mass is 9.91. The zero-order valence-corrected chi connectivity index (χ0v) is 13.9. The third-order valence-electron chi connectivity index (χ3n) is 4.36. The first-order chi connectivity index (χ1) is 10.5. The average molecular weight is 324 g/mol. The fourth-order valence-electron chi connectivity index (χ4n) is 2.76. The molecule has 1 saturated carbocycles. The number of hydrogen-bond acceptors (Lipinski definition) is 5. The Balaban J connectivity index is 2.38. The van der Waals surface area contributed by atoms with Gasteiger partial charge in [0, 0.05) is 18.3 Å². The Labute approximate surface area is 135 Å². The number of nitrogens with zero attached hydrogens (tertiary/aromatic N) is 2. The van der Waals surface area contributed by atoms with Crippen molar-refractivity contribution in [1.29, 1.82) is 0 Å². The van der Waals surface area contributed by atoms with Crippen LogP contribution >= 0.6 is 12.2 Å². The summed E-state index contributed by atoms with van der Waals surface area (Å²) in [7, 11) is 0. The Hall–Kier alpha value is -1.47. The molecule has 122 valence electrons. The molecule has 0 spiro atoms. The number of aromatic nitrogens is 2. The fourth-order valence-corrected chi connectivity index (χ4v) is 3.11. The summed E-state index contributed by atoms with van der Waals surface area (Å²) in [5.41, 5.74) is 5.78. The van der Waals surface area contributed by atoms with Crippen molar-refractivity contribution in [2.24, 2.45) is 10.7 Å². The molecule has 1 aliphatic carbocycles. The van der Waals surface area contributed by atoms with Crippen LogP contribution in [0.4, 0.5) is 0 Å². The van der Waals surface area contributed by atoms with E-state index in [1.165, 1.54) is 6.21 Å². The van der Waals surface area contributed by atoms with E-state index in [1.54, 1.807) is 4.57 Å². The molecule has 0 bridgehead atoms. The molecule has 0 aliphatic heterocycles. The monoisotopic (exact) mass is 324 g/mol. The summed E-state index contributed by atoms with van der Waals surface area (Å²) in [6.07, 6.45) is 6.31. The molecule has 2 rings (SSSR count). The van der Waals surface area contributed by atoms with Crippen LogP contribution in [0.25, 0.3) is 0 Å². The van der Waals surface area contributed by atoms with Gasteiger partial charge in [-0.3, -0.25) is 19.3 Å². The summed E-state index contributed by atoms with van der Waals surface area (Å²) in [6.45, 7) is 3.93. The summed E-state index contributed by atoms with van der Waals surface area (Å²) >= 11 is 5.14. The molecule has 0 aromatic carbocycles. The van der Waals surface area contributed by atoms with Crippen molar-refractivity contribution >= 4 is 18.4 Å². The molecular formula is C15H24N4O2S. The van der Waals surface area contributed by atoms with Crippen molar-refractivity contribution in [3.05, 3.63) is 20.7 Å². The van der Waals surface area contributed by atoms with Gasteiger partial charge in [-0.1, -0.05) is 19.8 Å². The second-order valence-corrected chi connectivity index (χ2v) is 6.30. The lowest BCUT2D eigenvalue weighted by Gasteiger charge is -2.25. The van der Waals surface area contributed by atoms with Crippen LogP contribution in [0, 0.1) is 4.77 Å². The van der Waals surface area contributed by atoms with Crippen LogP contribution in [0.2, 0.25) is 0 Å². The number of hydrogen-bond donors (Lipinski definition) is 3. The SMILES string of the molecule is CC[C@@H](C)n1c(O)c(C=N[C@@H]2CCCC[C@@H]2N)c(=O)[nH]c1=S. The van der Waals surface area contributed by atoms with Gasteiger partial charge < -0.3 is 10.8 Å². The molecule has 0 radical (unpaired) electrons. The number of rotatable bonds is 4. The summed E-state index contributed by atoms with van der Waals surface area (Å²) < 4.78 is 1.78. The first-order valence-corrected chi connectivity index (χ1v) is 8.23. The third kappa shape index (κ3) is 3.47. The highest BCUT2D eigenvalue weighted by Gasteiger charge is 2.21. The van der Waals surface area contributed by atoms with Crippen LogP contribution in [0.5, 0.6) is 5.88 Å². The van der Waals surface area contributed by atoms with Gasteiger partial charge in [0.1, 0.15) is 5.56 Å². The van der Waals surface area contributed by atoms with Crippen molar-refractivity contribution in [1.82, 2.24) is 9.55 Å². The minimum Gasteiger partial charge on any atom is -0.494 e. The van der Waals surface area contributed by atoms with Crippen molar-refractivity contribution in [2.75, 3.05) is 0 Å². The number of aromatic amines is 1. The second-order valence-electron chi connectivity index (χ2n) is 5.92. The van der Waals surface area contributed by atoms with Crippen LogP contribution in [0.1, 0.15) is 57.6 Å². The molecule has 1 heterocycles. The van der Waals surface area contributed by atoms with Gasteiger partial charge in [-0.2, -0.15) is 0 Å². The van der Waals surface area contributed by atoms with E-state index in [0.717, 1.165) is 32.1 Å². The summed E-state index contributed by atoms with van der Waals surface area (Å²) in [4.78, 5) is 19.1. The molecule has 3 atom stereocenters. The fraction of sp³-hybridized carbons (Fsp3) is 0.667. The van der Waals surface area contributed by atoms with Gasteiger partial charge >= 0.3 is 0 Å². The minimum atomic E-state index is -0.421. The van der Waals surface area contributed by atoms with E-state index in [-0.39, 0.29) is 34.3 Å². The molecule has 6 nitrogen and oxygen atoms in total. The summed E-state index contributed by atoms with van der Waals surface area (Å²) in [5, 5.41) is 10.4. The molecule has 1 aliphatic rings. The first kappa shape index (κ1) is 16.9. The molecule has 7 heteroatoms. The third-order valence-corrected chi connectivity index (χ3v) is 4.66. The topological polar surface area (TPSA) is 96.4 Å². The Morgan fingerprint density at radius 1 is 1.55 bits per heavy atom. The van der Waals surface area contributed by atoms with E-state index >= 15 is 0 Å². The van der Waals surface area contributed by atoms with Gasteiger partial charge in [0.15, 0.2) is 4.77 Å². The summed E-state index contributed by atoms with van der Waals surface area (Å²) in [6, 6.07) is 0.0207. The van der Waals surface area contributed by atoms with Crippen LogP contribution in [0.15, 0.2) is 9.79 Å².